The third-order valence-electron chi connectivity index (χ3n) is 4.28. The molecule has 0 aliphatic heterocycles. The molecule has 0 radical (unpaired) electrons. The molecule has 3 aromatic carbocycles. The first-order chi connectivity index (χ1) is 15.0. The maximum atomic E-state index is 12.9. The number of para-hydroxylation sites is 2. The van der Waals surface area contributed by atoms with Crippen LogP contribution in [0, 0.1) is 0 Å². The van der Waals surface area contributed by atoms with Gasteiger partial charge in [0.2, 0.25) is 0 Å². The molecule has 0 atom stereocenters. The molecular weight excluding hydrogens is 469 g/mol. The van der Waals surface area contributed by atoms with Crippen molar-refractivity contribution in [3.8, 4) is 5.75 Å². The number of alkyl halides is 3. The van der Waals surface area contributed by atoms with Crippen molar-refractivity contribution in [2.45, 2.75) is 11.1 Å². The number of halogens is 4. The van der Waals surface area contributed by atoms with Crippen LogP contribution in [0.25, 0.3) is 0 Å². The molecule has 32 heavy (non-hydrogen) atoms. The average Bonchev–Trinajstić information content (AvgIpc) is 2.74. The molecule has 2 N–H and O–H groups in total. The summed E-state index contributed by atoms with van der Waals surface area (Å²) in [6, 6.07) is 13.9. The predicted octanol–water partition coefficient (Wildman–Crippen LogP) is 5.42. The van der Waals surface area contributed by atoms with Crippen molar-refractivity contribution >= 4 is 38.9 Å². The molecule has 0 aliphatic rings. The number of rotatable bonds is 6. The molecule has 11 heteroatoms. The standard InChI is InChI=1S/C21H16ClF3N2O4S/c1-31-18-8-3-2-7-17(18)27-32(29,30)19-12-15(9-10-16(19)22)26-20(28)13-5-4-6-14(11-13)21(23,24)25/h2-12,27H,1H3,(H,26,28). The van der Waals surface area contributed by atoms with Gasteiger partial charge in [0.15, 0.2) is 0 Å². The highest BCUT2D eigenvalue weighted by Gasteiger charge is 2.31. The van der Waals surface area contributed by atoms with Crippen LogP contribution in [0.2, 0.25) is 5.02 Å². The van der Waals surface area contributed by atoms with E-state index in [0.29, 0.717) is 6.07 Å². The van der Waals surface area contributed by atoms with E-state index in [2.05, 4.69) is 10.0 Å². The molecule has 3 rings (SSSR count). The SMILES string of the molecule is COc1ccccc1NS(=O)(=O)c1cc(NC(=O)c2cccc(C(F)(F)F)c2)ccc1Cl. The van der Waals surface area contributed by atoms with Gasteiger partial charge in [-0.25, -0.2) is 8.42 Å². The quantitative estimate of drug-likeness (QED) is 0.489. The number of ether oxygens (including phenoxy) is 1. The van der Waals surface area contributed by atoms with E-state index >= 15 is 0 Å². The van der Waals surface area contributed by atoms with Crippen LogP contribution in [-0.4, -0.2) is 21.4 Å². The van der Waals surface area contributed by atoms with E-state index in [1.54, 1.807) is 18.2 Å². The van der Waals surface area contributed by atoms with Crippen molar-refractivity contribution in [3.05, 3.63) is 82.9 Å². The summed E-state index contributed by atoms with van der Waals surface area (Å²) in [5, 5.41) is 2.26. The van der Waals surface area contributed by atoms with Crippen LogP contribution in [0.15, 0.2) is 71.6 Å². The Balaban J connectivity index is 1.88. The molecule has 0 fully saturated rings. The Morgan fingerprint density at radius 2 is 1.72 bits per heavy atom. The average molecular weight is 485 g/mol. The molecule has 3 aromatic rings. The van der Waals surface area contributed by atoms with Gasteiger partial charge in [-0.05, 0) is 48.5 Å². The first-order valence-corrected chi connectivity index (χ1v) is 10.8. The van der Waals surface area contributed by atoms with Gasteiger partial charge in [0, 0.05) is 11.3 Å². The minimum absolute atomic E-state index is 0.0252. The number of carbonyl (C=O) groups is 1. The topological polar surface area (TPSA) is 84.5 Å². The molecule has 0 saturated heterocycles. The highest BCUT2D eigenvalue weighted by molar-refractivity contribution is 7.92. The van der Waals surface area contributed by atoms with Crippen LogP contribution in [0.1, 0.15) is 15.9 Å². The van der Waals surface area contributed by atoms with Crippen LogP contribution in [-0.2, 0) is 16.2 Å². The van der Waals surface area contributed by atoms with Gasteiger partial charge in [-0.15, -0.1) is 0 Å². The third kappa shape index (κ3) is 5.32. The van der Waals surface area contributed by atoms with Gasteiger partial charge in [0.05, 0.1) is 23.4 Å². The van der Waals surface area contributed by atoms with E-state index in [1.165, 1.54) is 31.4 Å². The summed E-state index contributed by atoms with van der Waals surface area (Å²) in [5.41, 5.74) is -1.03. The van der Waals surface area contributed by atoms with Crippen molar-refractivity contribution < 1.29 is 31.1 Å². The minimum Gasteiger partial charge on any atom is -0.495 e. The molecule has 0 bridgehead atoms. The Hall–Kier alpha value is -3.24. The van der Waals surface area contributed by atoms with Crippen LogP contribution in [0.4, 0.5) is 24.5 Å². The lowest BCUT2D eigenvalue weighted by molar-refractivity contribution is -0.137. The fraction of sp³-hybridized carbons (Fsp3) is 0.0952. The van der Waals surface area contributed by atoms with Gasteiger partial charge in [-0.3, -0.25) is 9.52 Å². The molecule has 0 spiro atoms. The van der Waals surface area contributed by atoms with Gasteiger partial charge >= 0.3 is 6.18 Å². The summed E-state index contributed by atoms with van der Waals surface area (Å²) in [5.74, 6) is -0.569. The third-order valence-corrected chi connectivity index (χ3v) is 6.13. The van der Waals surface area contributed by atoms with Crippen molar-refractivity contribution in [1.82, 2.24) is 0 Å². The Morgan fingerprint density at radius 1 is 1.00 bits per heavy atom. The Kier molecular flexibility index (Phi) is 6.65. The number of amides is 1. The van der Waals surface area contributed by atoms with Gasteiger partial charge in [-0.1, -0.05) is 29.8 Å². The summed E-state index contributed by atoms with van der Waals surface area (Å²) < 4.78 is 71.9. The summed E-state index contributed by atoms with van der Waals surface area (Å²) in [7, 11) is -2.81. The first-order valence-electron chi connectivity index (χ1n) is 8.95. The maximum Gasteiger partial charge on any atom is 0.416 e. The monoisotopic (exact) mass is 484 g/mol. The molecule has 1 amide bonds. The van der Waals surface area contributed by atoms with E-state index in [-0.39, 0.29) is 32.6 Å². The predicted molar refractivity (Wildman–Crippen MR) is 115 cm³/mol. The van der Waals surface area contributed by atoms with E-state index < -0.39 is 27.7 Å². The lowest BCUT2D eigenvalue weighted by atomic mass is 10.1. The molecule has 168 valence electrons. The lowest BCUT2D eigenvalue weighted by Crippen LogP contribution is -2.16. The van der Waals surface area contributed by atoms with Gasteiger partial charge in [0.25, 0.3) is 15.9 Å². The molecule has 0 unspecified atom stereocenters. The largest absolute Gasteiger partial charge is 0.495 e. The lowest BCUT2D eigenvalue weighted by Gasteiger charge is -2.14. The van der Waals surface area contributed by atoms with Gasteiger partial charge in [-0.2, -0.15) is 13.2 Å². The number of hydrogen-bond acceptors (Lipinski definition) is 4. The highest BCUT2D eigenvalue weighted by Crippen LogP contribution is 2.31. The summed E-state index contributed by atoms with van der Waals surface area (Å²) in [6.07, 6.45) is -4.61. The minimum atomic E-state index is -4.61. The highest BCUT2D eigenvalue weighted by atomic mass is 35.5. The fourth-order valence-electron chi connectivity index (χ4n) is 2.76. The molecule has 6 nitrogen and oxygen atoms in total. The summed E-state index contributed by atoms with van der Waals surface area (Å²) in [6.45, 7) is 0. The molecular formula is C21H16ClF3N2O4S. The second-order valence-corrected chi connectivity index (χ2v) is 8.54. The van der Waals surface area contributed by atoms with Crippen molar-refractivity contribution in [3.63, 3.8) is 0 Å². The van der Waals surface area contributed by atoms with Gasteiger partial charge < -0.3 is 10.1 Å². The number of carbonyl (C=O) groups excluding carboxylic acids is 1. The molecule has 0 heterocycles. The van der Waals surface area contributed by atoms with E-state index in [0.717, 1.165) is 18.2 Å². The summed E-state index contributed by atoms with van der Waals surface area (Å²) in [4.78, 5) is 12.1. The van der Waals surface area contributed by atoms with Gasteiger partial charge in [0.1, 0.15) is 10.6 Å². The number of hydrogen-bond donors (Lipinski definition) is 2. The van der Waals surface area contributed by atoms with Crippen LogP contribution < -0.4 is 14.8 Å². The Morgan fingerprint density at radius 3 is 2.41 bits per heavy atom. The first kappa shape index (κ1) is 23.4. The zero-order valence-electron chi connectivity index (χ0n) is 16.4. The van der Waals surface area contributed by atoms with Crippen molar-refractivity contribution in [1.29, 1.82) is 0 Å². The molecule has 0 aliphatic carbocycles. The van der Waals surface area contributed by atoms with Crippen LogP contribution in [0.5, 0.6) is 5.75 Å². The fourth-order valence-corrected chi connectivity index (χ4v) is 4.35. The van der Waals surface area contributed by atoms with Crippen LogP contribution >= 0.6 is 11.6 Å². The zero-order chi connectivity index (χ0) is 23.5. The normalized spacial score (nSPS) is 11.7. The van der Waals surface area contributed by atoms with E-state index in [9.17, 15) is 26.4 Å². The van der Waals surface area contributed by atoms with Crippen LogP contribution in [0.3, 0.4) is 0 Å². The summed E-state index contributed by atoms with van der Waals surface area (Å²) >= 11 is 6.06. The van der Waals surface area contributed by atoms with Crippen molar-refractivity contribution in [2.24, 2.45) is 0 Å². The maximum absolute atomic E-state index is 12.9. The second kappa shape index (κ2) is 9.09. The number of methoxy groups -OCH3 is 1. The number of nitrogens with one attached hydrogen (secondary N) is 2. The van der Waals surface area contributed by atoms with Crippen molar-refractivity contribution in [2.75, 3.05) is 17.1 Å². The van der Waals surface area contributed by atoms with E-state index in [1.807, 2.05) is 0 Å². The molecule has 0 saturated carbocycles. The Labute approximate surface area is 187 Å². The number of anilines is 2. The van der Waals surface area contributed by atoms with E-state index in [4.69, 9.17) is 16.3 Å². The zero-order valence-corrected chi connectivity index (χ0v) is 18.0. The molecule has 0 aromatic heterocycles. The number of sulfonamides is 1. The Bertz CT molecular complexity index is 1260. The second-order valence-electron chi connectivity index (χ2n) is 6.48. The smallest absolute Gasteiger partial charge is 0.416 e. The number of benzene rings is 3.